The van der Waals surface area contributed by atoms with E-state index in [2.05, 4.69) is 0 Å². The van der Waals surface area contributed by atoms with Gasteiger partial charge in [-0.3, -0.25) is 4.79 Å². The number of hydrogen-bond acceptors (Lipinski definition) is 6. The molecule has 2 aliphatic rings. The van der Waals surface area contributed by atoms with Crippen molar-refractivity contribution in [3.05, 3.63) is 130 Å². The molecule has 0 N–H and O–H groups in total. The first-order chi connectivity index (χ1) is 18.9. The molecule has 3 aromatic rings. The summed E-state index contributed by atoms with van der Waals surface area (Å²) in [5.74, 6) is -0.411. The molecule has 39 heavy (non-hydrogen) atoms. The van der Waals surface area contributed by atoms with Crippen LogP contribution >= 0.6 is 11.8 Å². The smallest absolute Gasteiger partial charge is 0.338 e. The van der Waals surface area contributed by atoms with Gasteiger partial charge in [0.1, 0.15) is 6.61 Å². The summed E-state index contributed by atoms with van der Waals surface area (Å²) in [5, 5.41) is 2.73. The molecule has 1 unspecified atom stereocenters. The molecule has 0 spiro atoms. The van der Waals surface area contributed by atoms with Gasteiger partial charge in [-0.15, -0.1) is 0 Å². The van der Waals surface area contributed by atoms with Crippen LogP contribution in [0.4, 0.5) is 0 Å². The quantitative estimate of drug-likeness (QED) is 0.313. The number of carbonyl (C=O) groups is 2. The summed E-state index contributed by atoms with van der Waals surface area (Å²) in [7, 11) is 1.82. The van der Waals surface area contributed by atoms with Crippen molar-refractivity contribution in [3.63, 3.8) is 0 Å². The van der Waals surface area contributed by atoms with Crippen LogP contribution in [0.2, 0.25) is 0 Å². The van der Waals surface area contributed by atoms with E-state index in [0.717, 1.165) is 33.1 Å². The molecule has 3 aromatic carbocycles. The fourth-order valence-electron chi connectivity index (χ4n) is 4.85. The Kier molecular flexibility index (Phi) is 7.98. The predicted molar refractivity (Wildman–Crippen MR) is 155 cm³/mol. The molecule has 0 aromatic heterocycles. The first-order valence-electron chi connectivity index (χ1n) is 12.9. The number of amidine groups is 1. The molecule has 0 aliphatic carbocycles. The summed E-state index contributed by atoms with van der Waals surface area (Å²) < 4.78 is 5.80. The minimum Gasteiger partial charge on any atom is -0.457 e. The summed E-state index contributed by atoms with van der Waals surface area (Å²) >= 11 is 1.48. The minimum atomic E-state index is -0.449. The van der Waals surface area contributed by atoms with E-state index in [0.29, 0.717) is 17.8 Å². The second-order valence-corrected chi connectivity index (χ2v) is 10.6. The standard InChI is InChI=1S/C32H31N3O3S/c1-22-12-10-11-17-27(22)30-29(31(37)38-20-25-15-8-5-9-16-25)23(2)33-32-35(30)26(21-39-32)18-28(36)34(3)19-24-13-6-4-7-14-24/h4-17,21,30H,18-20H2,1-3H3. The molecule has 0 radical (unpaired) electrons. The zero-order valence-corrected chi connectivity index (χ0v) is 23.2. The highest BCUT2D eigenvalue weighted by Crippen LogP contribution is 2.45. The van der Waals surface area contributed by atoms with E-state index in [4.69, 9.17) is 9.73 Å². The van der Waals surface area contributed by atoms with E-state index in [1.54, 1.807) is 4.90 Å². The van der Waals surface area contributed by atoms with Crippen LogP contribution < -0.4 is 0 Å². The van der Waals surface area contributed by atoms with E-state index in [1.165, 1.54) is 11.8 Å². The average Bonchev–Trinajstić information content (AvgIpc) is 3.34. The highest BCUT2D eigenvalue weighted by atomic mass is 32.2. The Balaban J connectivity index is 1.43. The number of thioether (sulfide) groups is 1. The van der Waals surface area contributed by atoms with Gasteiger partial charge >= 0.3 is 5.97 Å². The van der Waals surface area contributed by atoms with E-state index in [1.807, 2.05) is 116 Å². The maximum Gasteiger partial charge on any atom is 0.338 e. The number of allylic oxidation sites excluding steroid dienone is 1. The largest absolute Gasteiger partial charge is 0.457 e. The predicted octanol–water partition coefficient (Wildman–Crippen LogP) is 6.36. The highest BCUT2D eigenvalue weighted by Gasteiger charge is 2.41. The van der Waals surface area contributed by atoms with Gasteiger partial charge < -0.3 is 14.5 Å². The van der Waals surface area contributed by atoms with Crippen LogP contribution in [0.15, 0.2) is 112 Å². The number of hydrogen-bond donors (Lipinski definition) is 0. The van der Waals surface area contributed by atoms with Crippen LogP contribution in [0.1, 0.15) is 41.6 Å². The lowest BCUT2D eigenvalue weighted by molar-refractivity contribution is -0.141. The Bertz CT molecular complexity index is 1460. The number of fused-ring (bicyclic) bond motifs is 1. The Labute approximate surface area is 233 Å². The average molecular weight is 538 g/mol. The molecule has 2 heterocycles. The van der Waals surface area contributed by atoms with Crippen molar-refractivity contribution in [1.29, 1.82) is 0 Å². The Hall–Kier alpha value is -4.10. The zero-order chi connectivity index (χ0) is 27.4. The van der Waals surface area contributed by atoms with Crippen molar-refractivity contribution in [3.8, 4) is 0 Å². The lowest BCUT2D eigenvalue weighted by Gasteiger charge is -2.37. The number of rotatable bonds is 8. The molecular formula is C32H31N3O3S. The van der Waals surface area contributed by atoms with Gasteiger partial charge in [0.05, 0.1) is 23.7 Å². The van der Waals surface area contributed by atoms with Gasteiger partial charge in [-0.2, -0.15) is 0 Å². The molecule has 0 saturated heterocycles. The van der Waals surface area contributed by atoms with Crippen LogP contribution in [0, 0.1) is 6.92 Å². The van der Waals surface area contributed by atoms with Gasteiger partial charge in [0.15, 0.2) is 5.17 Å². The second-order valence-electron chi connectivity index (χ2n) is 9.72. The molecule has 6 nitrogen and oxygen atoms in total. The molecular weight excluding hydrogens is 506 g/mol. The first-order valence-corrected chi connectivity index (χ1v) is 13.8. The van der Waals surface area contributed by atoms with E-state index >= 15 is 0 Å². The molecule has 0 bridgehead atoms. The number of aliphatic imine (C=N–C) groups is 1. The van der Waals surface area contributed by atoms with Gasteiger partial charge in [-0.1, -0.05) is 96.7 Å². The SMILES string of the molecule is CC1=C(C(=O)OCc2ccccc2)C(c2ccccc2C)N2C(CC(=O)N(C)Cc3ccccc3)=CSC2=N1. The molecule has 1 atom stereocenters. The van der Waals surface area contributed by atoms with Crippen molar-refractivity contribution in [2.75, 3.05) is 7.05 Å². The topological polar surface area (TPSA) is 62.2 Å². The number of nitrogens with zero attached hydrogens (tertiary/aromatic N) is 3. The zero-order valence-electron chi connectivity index (χ0n) is 22.3. The number of ether oxygens (including phenoxy) is 1. The van der Waals surface area contributed by atoms with Gasteiger partial charge in [-0.05, 0) is 41.5 Å². The lowest BCUT2D eigenvalue weighted by atomic mass is 9.91. The van der Waals surface area contributed by atoms with Crippen LogP contribution in [0.3, 0.4) is 0 Å². The van der Waals surface area contributed by atoms with E-state index in [-0.39, 0.29) is 18.9 Å². The first kappa shape index (κ1) is 26.5. The number of amides is 1. The molecule has 0 fully saturated rings. The van der Waals surface area contributed by atoms with Gasteiger partial charge in [0.25, 0.3) is 0 Å². The van der Waals surface area contributed by atoms with Crippen molar-refractivity contribution in [1.82, 2.24) is 9.80 Å². The fourth-order valence-corrected chi connectivity index (χ4v) is 5.82. The monoisotopic (exact) mass is 537 g/mol. The molecule has 0 saturated carbocycles. The molecule has 198 valence electrons. The number of esters is 1. The highest BCUT2D eigenvalue weighted by molar-refractivity contribution is 8.16. The fraction of sp³-hybridized carbons (Fsp3) is 0.219. The summed E-state index contributed by atoms with van der Waals surface area (Å²) in [6, 6.07) is 27.1. The number of benzene rings is 3. The molecule has 1 amide bonds. The number of carbonyl (C=O) groups excluding carboxylic acids is 2. The summed E-state index contributed by atoms with van der Waals surface area (Å²) in [4.78, 5) is 35.5. The molecule has 7 heteroatoms. The molecule has 5 rings (SSSR count). The van der Waals surface area contributed by atoms with Crippen LogP contribution in [0.25, 0.3) is 0 Å². The second kappa shape index (κ2) is 11.7. The lowest BCUT2D eigenvalue weighted by Crippen LogP contribution is -2.38. The summed E-state index contributed by atoms with van der Waals surface area (Å²) in [6.07, 6.45) is 0.198. The van der Waals surface area contributed by atoms with E-state index < -0.39 is 12.0 Å². The third-order valence-corrected chi connectivity index (χ3v) is 7.83. The van der Waals surface area contributed by atoms with Crippen molar-refractivity contribution in [2.24, 2.45) is 4.99 Å². The van der Waals surface area contributed by atoms with Gasteiger partial charge in [0.2, 0.25) is 5.91 Å². The molecule has 2 aliphatic heterocycles. The maximum absolute atomic E-state index is 13.6. The summed E-state index contributed by atoms with van der Waals surface area (Å²) in [6.45, 7) is 4.59. The van der Waals surface area contributed by atoms with Crippen LogP contribution in [-0.4, -0.2) is 33.9 Å². The number of aryl methyl sites for hydroxylation is 1. The maximum atomic E-state index is 13.6. The van der Waals surface area contributed by atoms with Crippen LogP contribution in [-0.2, 0) is 27.5 Å². The normalized spacial score (nSPS) is 16.4. The minimum absolute atomic E-state index is 0.00466. The van der Waals surface area contributed by atoms with Crippen molar-refractivity contribution in [2.45, 2.75) is 39.5 Å². The Morgan fingerprint density at radius 2 is 1.56 bits per heavy atom. The van der Waals surface area contributed by atoms with Gasteiger partial charge in [-0.25, -0.2) is 9.79 Å². The van der Waals surface area contributed by atoms with Crippen LogP contribution in [0.5, 0.6) is 0 Å². The van der Waals surface area contributed by atoms with Crippen molar-refractivity contribution < 1.29 is 14.3 Å². The van der Waals surface area contributed by atoms with Crippen molar-refractivity contribution >= 4 is 28.8 Å². The van der Waals surface area contributed by atoms with E-state index in [9.17, 15) is 9.59 Å². The van der Waals surface area contributed by atoms with Gasteiger partial charge in [0, 0.05) is 19.3 Å². The third kappa shape index (κ3) is 5.83. The summed E-state index contributed by atoms with van der Waals surface area (Å²) in [5.41, 5.74) is 5.95. The Morgan fingerprint density at radius 1 is 0.923 bits per heavy atom. The Morgan fingerprint density at radius 3 is 2.26 bits per heavy atom. The third-order valence-electron chi connectivity index (χ3n) is 6.94.